The number of benzene rings is 1. The van der Waals surface area contributed by atoms with Crippen LogP contribution in [0.3, 0.4) is 0 Å². The lowest BCUT2D eigenvalue weighted by atomic mass is 9.76. The fraction of sp³-hybridized carbons (Fsp3) is 0.636. The molecule has 2 atom stereocenters. The molecule has 30 heavy (non-hydrogen) atoms. The van der Waals surface area contributed by atoms with Crippen molar-refractivity contribution in [3.8, 4) is 5.75 Å². The van der Waals surface area contributed by atoms with Crippen LogP contribution in [0.5, 0.6) is 5.75 Å². The van der Waals surface area contributed by atoms with Crippen LogP contribution in [0.1, 0.15) is 58.4 Å². The van der Waals surface area contributed by atoms with Crippen LogP contribution in [0.15, 0.2) is 24.3 Å². The lowest BCUT2D eigenvalue weighted by molar-refractivity contribution is -0.274. The van der Waals surface area contributed by atoms with Gasteiger partial charge in [-0.15, -0.1) is 13.2 Å². The molecule has 1 amide bonds. The van der Waals surface area contributed by atoms with Gasteiger partial charge >= 0.3 is 12.5 Å². The molecule has 2 aliphatic rings. The van der Waals surface area contributed by atoms with Crippen molar-refractivity contribution in [2.45, 2.75) is 83.3 Å². The van der Waals surface area contributed by atoms with Gasteiger partial charge in [-0.25, -0.2) is 4.79 Å². The van der Waals surface area contributed by atoms with Gasteiger partial charge in [0.25, 0.3) is 0 Å². The number of carbonyl (C=O) groups is 2. The van der Waals surface area contributed by atoms with E-state index in [9.17, 15) is 22.8 Å². The Labute approximate surface area is 174 Å². The van der Waals surface area contributed by atoms with E-state index in [4.69, 9.17) is 4.74 Å². The summed E-state index contributed by atoms with van der Waals surface area (Å²) in [5, 5.41) is 0. The van der Waals surface area contributed by atoms with E-state index in [1.165, 1.54) is 18.2 Å². The molecule has 2 unspecified atom stereocenters. The van der Waals surface area contributed by atoms with Crippen molar-refractivity contribution < 1.29 is 32.2 Å². The van der Waals surface area contributed by atoms with Crippen LogP contribution in [0.2, 0.25) is 0 Å². The highest BCUT2D eigenvalue weighted by atomic mass is 19.4. The third-order valence-electron chi connectivity index (χ3n) is 5.54. The summed E-state index contributed by atoms with van der Waals surface area (Å²) in [4.78, 5) is 27.4. The van der Waals surface area contributed by atoms with E-state index in [1.54, 1.807) is 11.0 Å². The molecule has 2 fully saturated rings. The van der Waals surface area contributed by atoms with Gasteiger partial charge in [0.15, 0.2) is 0 Å². The first-order valence-corrected chi connectivity index (χ1v) is 10.3. The number of hydrogen-bond donors (Lipinski definition) is 0. The molecule has 1 aromatic carbocycles. The van der Waals surface area contributed by atoms with Gasteiger partial charge in [0, 0.05) is 24.4 Å². The van der Waals surface area contributed by atoms with Gasteiger partial charge in [0.05, 0.1) is 0 Å². The fourth-order valence-corrected chi connectivity index (χ4v) is 4.46. The molecule has 0 spiro atoms. The number of fused-ring (bicyclic) bond motifs is 2. The first-order valence-electron chi connectivity index (χ1n) is 10.3. The maximum absolute atomic E-state index is 12.9. The molecule has 0 N–H and O–H groups in total. The second-order valence-corrected chi connectivity index (χ2v) is 9.13. The first kappa shape index (κ1) is 22.4. The summed E-state index contributed by atoms with van der Waals surface area (Å²) in [6, 6.07) is 5.46. The molecule has 2 saturated heterocycles. The standard InChI is InChI=1S/C22H28F3NO4/c1-21(2,3)30-20(28)26-16-7-5-8-17(26)13-15(12-16)19(27)11-14-6-4-9-18(10-14)29-22(23,24)25/h4,6,9-10,15-17H,5,7-8,11-13H2,1-3H3. The van der Waals surface area contributed by atoms with Gasteiger partial charge in [0.2, 0.25) is 0 Å². The van der Waals surface area contributed by atoms with Crippen molar-refractivity contribution >= 4 is 11.9 Å². The fourth-order valence-electron chi connectivity index (χ4n) is 4.46. The number of halogens is 3. The van der Waals surface area contributed by atoms with E-state index in [2.05, 4.69) is 4.74 Å². The molecule has 3 rings (SSSR count). The predicted molar refractivity (Wildman–Crippen MR) is 104 cm³/mol. The number of piperidine rings is 2. The average molecular weight is 427 g/mol. The Morgan fingerprint density at radius 2 is 1.73 bits per heavy atom. The highest BCUT2D eigenvalue weighted by molar-refractivity contribution is 5.84. The number of rotatable bonds is 4. The quantitative estimate of drug-likeness (QED) is 0.657. The minimum atomic E-state index is -4.77. The summed E-state index contributed by atoms with van der Waals surface area (Å²) in [5.41, 5.74) is -0.0943. The van der Waals surface area contributed by atoms with Crippen molar-refractivity contribution in [2.75, 3.05) is 0 Å². The third kappa shape index (κ3) is 5.89. The summed E-state index contributed by atoms with van der Waals surface area (Å²) in [6.45, 7) is 5.48. The van der Waals surface area contributed by atoms with Gasteiger partial charge < -0.3 is 14.4 Å². The van der Waals surface area contributed by atoms with Crippen LogP contribution in [0.4, 0.5) is 18.0 Å². The molecule has 5 nitrogen and oxygen atoms in total. The largest absolute Gasteiger partial charge is 0.573 e. The average Bonchev–Trinajstić information content (AvgIpc) is 2.57. The number of ether oxygens (including phenoxy) is 2. The van der Waals surface area contributed by atoms with Crippen LogP contribution >= 0.6 is 0 Å². The van der Waals surface area contributed by atoms with Crippen LogP contribution in [-0.4, -0.2) is 40.8 Å². The summed E-state index contributed by atoms with van der Waals surface area (Å²) >= 11 is 0. The SMILES string of the molecule is CC(C)(C)OC(=O)N1C2CCCC1CC(C(=O)Cc1cccc(OC(F)(F)F)c1)C2. The summed E-state index contributed by atoms with van der Waals surface area (Å²) < 4.78 is 46.8. The molecule has 2 bridgehead atoms. The molecule has 8 heteroatoms. The van der Waals surface area contributed by atoms with Gasteiger partial charge in [-0.2, -0.15) is 0 Å². The zero-order valence-corrected chi connectivity index (χ0v) is 17.5. The number of amides is 1. The molecule has 1 aromatic rings. The number of carbonyl (C=O) groups excluding carboxylic acids is 2. The third-order valence-corrected chi connectivity index (χ3v) is 5.54. The van der Waals surface area contributed by atoms with E-state index < -0.39 is 12.0 Å². The maximum atomic E-state index is 12.9. The van der Waals surface area contributed by atoms with Crippen molar-refractivity contribution in [1.29, 1.82) is 0 Å². The zero-order valence-electron chi connectivity index (χ0n) is 17.5. The molecular formula is C22H28F3NO4. The lowest BCUT2D eigenvalue weighted by Crippen LogP contribution is -2.56. The smallest absolute Gasteiger partial charge is 0.444 e. The topological polar surface area (TPSA) is 55.8 Å². The second kappa shape index (κ2) is 8.47. The Morgan fingerprint density at radius 3 is 2.30 bits per heavy atom. The normalized spacial score (nSPS) is 24.3. The molecule has 166 valence electrons. The molecule has 0 aliphatic carbocycles. The van der Waals surface area contributed by atoms with E-state index >= 15 is 0 Å². The minimum absolute atomic E-state index is 0.0140. The van der Waals surface area contributed by atoms with Crippen molar-refractivity contribution in [3.63, 3.8) is 0 Å². The Kier molecular flexibility index (Phi) is 6.34. The Morgan fingerprint density at radius 1 is 1.10 bits per heavy atom. The van der Waals surface area contributed by atoms with E-state index in [0.717, 1.165) is 19.3 Å². The Balaban J connectivity index is 1.65. The van der Waals surface area contributed by atoms with Crippen molar-refractivity contribution in [2.24, 2.45) is 5.92 Å². The number of nitrogens with zero attached hydrogens (tertiary/aromatic N) is 1. The predicted octanol–water partition coefficient (Wildman–Crippen LogP) is 5.27. The Hall–Kier alpha value is -2.25. The highest BCUT2D eigenvalue weighted by Gasteiger charge is 2.44. The van der Waals surface area contributed by atoms with Gasteiger partial charge in [-0.1, -0.05) is 12.1 Å². The first-order chi connectivity index (χ1) is 13.9. The maximum Gasteiger partial charge on any atom is 0.573 e. The lowest BCUT2D eigenvalue weighted by Gasteiger charge is -2.48. The monoisotopic (exact) mass is 427 g/mol. The number of Topliss-reactive ketones (excluding diaryl/α,β-unsaturated/α-hetero) is 1. The number of hydrogen-bond acceptors (Lipinski definition) is 4. The Bertz CT molecular complexity index is 773. The number of ketones is 1. The summed E-state index contributed by atoms with van der Waals surface area (Å²) in [5.74, 6) is -0.560. The van der Waals surface area contributed by atoms with Gasteiger partial charge in [0.1, 0.15) is 17.1 Å². The molecule has 0 radical (unpaired) electrons. The van der Waals surface area contributed by atoms with Crippen LogP contribution in [0, 0.1) is 5.92 Å². The highest BCUT2D eigenvalue weighted by Crippen LogP contribution is 2.38. The molecular weight excluding hydrogens is 399 g/mol. The van der Waals surface area contributed by atoms with Crippen LogP contribution in [-0.2, 0) is 16.0 Å². The molecule has 2 aliphatic heterocycles. The molecule has 0 saturated carbocycles. The number of alkyl halides is 3. The molecule has 2 heterocycles. The van der Waals surface area contributed by atoms with Gasteiger partial charge in [-0.3, -0.25) is 4.79 Å². The van der Waals surface area contributed by atoms with Crippen molar-refractivity contribution in [3.05, 3.63) is 29.8 Å². The van der Waals surface area contributed by atoms with Crippen molar-refractivity contribution in [1.82, 2.24) is 4.90 Å². The molecule has 0 aromatic heterocycles. The van der Waals surface area contributed by atoms with E-state index in [-0.39, 0.29) is 42.0 Å². The van der Waals surface area contributed by atoms with Crippen LogP contribution < -0.4 is 4.74 Å². The summed E-state index contributed by atoms with van der Waals surface area (Å²) in [6.07, 6.45) is -1.27. The van der Waals surface area contributed by atoms with E-state index in [1.807, 2.05) is 20.8 Å². The second-order valence-electron chi connectivity index (χ2n) is 9.13. The van der Waals surface area contributed by atoms with E-state index in [0.29, 0.717) is 18.4 Å². The minimum Gasteiger partial charge on any atom is -0.444 e. The van der Waals surface area contributed by atoms with Crippen LogP contribution in [0.25, 0.3) is 0 Å². The zero-order chi connectivity index (χ0) is 22.1. The van der Waals surface area contributed by atoms with Gasteiger partial charge in [-0.05, 0) is 70.6 Å². The summed E-state index contributed by atoms with van der Waals surface area (Å²) in [7, 11) is 0.